The number of aryl methyl sites for hydroxylation is 1. The second kappa shape index (κ2) is 9.31. The van der Waals surface area contributed by atoms with Crippen LogP contribution >= 0.6 is 11.6 Å². The lowest BCUT2D eigenvalue weighted by atomic mass is 9.71. The molecule has 2 heterocycles. The van der Waals surface area contributed by atoms with Gasteiger partial charge in [0.1, 0.15) is 5.60 Å². The number of nitrogens with zero attached hydrogens (tertiary/aromatic N) is 2. The summed E-state index contributed by atoms with van der Waals surface area (Å²) in [6, 6.07) is 16.0. The summed E-state index contributed by atoms with van der Waals surface area (Å²) in [6.45, 7) is 5.08. The molecule has 34 heavy (non-hydrogen) atoms. The first-order valence-corrected chi connectivity index (χ1v) is 12.9. The molecule has 1 amide bonds. The number of pyridine rings is 1. The Hall–Kier alpha value is -2.43. The van der Waals surface area contributed by atoms with Crippen molar-refractivity contribution in [3.63, 3.8) is 0 Å². The zero-order valence-electron chi connectivity index (χ0n) is 20.1. The number of halogens is 1. The van der Waals surface area contributed by atoms with Gasteiger partial charge in [0.05, 0.1) is 10.5 Å². The summed E-state index contributed by atoms with van der Waals surface area (Å²) >= 11 is 7.04. The van der Waals surface area contributed by atoms with Crippen LogP contribution in [0.5, 0.6) is 0 Å². The Morgan fingerprint density at radius 1 is 1.09 bits per heavy atom. The third-order valence-electron chi connectivity index (χ3n) is 7.81. The van der Waals surface area contributed by atoms with Gasteiger partial charge in [-0.25, -0.2) is 0 Å². The third-order valence-corrected chi connectivity index (χ3v) is 8.24. The Kier molecular flexibility index (Phi) is 6.39. The number of carbonyl (C=O) groups excluding carboxylic acids is 1. The number of aromatic nitrogens is 1. The minimum absolute atomic E-state index is 0.00414. The highest BCUT2D eigenvalue weighted by molar-refractivity contribution is 6.36. The molecule has 4 nitrogen and oxygen atoms in total. The maximum atomic E-state index is 12.4. The van der Waals surface area contributed by atoms with Crippen molar-refractivity contribution in [2.45, 2.75) is 58.0 Å². The SMILES string of the molecule is CCc1nc2ccc(C(O)(c3ccccc3)C3CCN(C(C)=O)CC3)cc2c(Cl)c1CC1CC1. The number of carbonyl (C=O) groups is 1. The molecule has 2 fully saturated rings. The van der Waals surface area contributed by atoms with Crippen LogP contribution in [0.3, 0.4) is 0 Å². The second-order valence-corrected chi connectivity index (χ2v) is 10.4. The Labute approximate surface area is 207 Å². The van der Waals surface area contributed by atoms with Crippen LogP contribution in [0, 0.1) is 11.8 Å². The molecule has 0 spiro atoms. The number of benzene rings is 2. The van der Waals surface area contributed by atoms with E-state index in [-0.39, 0.29) is 11.8 Å². The fraction of sp³-hybridized carbons (Fsp3) is 0.448. The molecular weight excluding hydrogens is 444 g/mol. The molecule has 1 saturated carbocycles. The maximum absolute atomic E-state index is 12.4. The number of piperidine rings is 1. The van der Waals surface area contributed by atoms with Crippen molar-refractivity contribution < 1.29 is 9.90 Å². The van der Waals surface area contributed by atoms with Gasteiger partial charge >= 0.3 is 0 Å². The van der Waals surface area contributed by atoms with Crippen molar-refractivity contribution in [1.29, 1.82) is 0 Å². The highest BCUT2D eigenvalue weighted by Gasteiger charge is 2.42. The molecule has 1 aliphatic carbocycles. The first-order valence-electron chi connectivity index (χ1n) is 12.6. The van der Waals surface area contributed by atoms with Crippen molar-refractivity contribution in [1.82, 2.24) is 9.88 Å². The monoisotopic (exact) mass is 476 g/mol. The van der Waals surface area contributed by atoms with Gasteiger partial charge in [-0.15, -0.1) is 0 Å². The standard InChI is InChI=1S/C29H33ClN2O2/c1-3-26-24(17-20-9-10-20)28(30)25-18-23(11-12-27(25)31-26)29(34,21-7-5-4-6-8-21)22-13-15-32(16-14-22)19(2)33/h4-8,11-12,18,20,22,34H,3,9-10,13-17H2,1-2H3. The second-order valence-electron chi connectivity index (χ2n) is 10.00. The molecule has 1 N–H and O–H groups in total. The first kappa shape index (κ1) is 23.3. The number of rotatable bonds is 6. The number of aliphatic hydroxyl groups is 1. The van der Waals surface area contributed by atoms with Gasteiger partial charge in [-0.1, -0.05) is 54.9 Å². The van der Waals surface area contributed by atoms with Crippen molar-refractivity contribution in [2.24, 2.45) is 11.8 Å². The van der Waals surface area contributed by atoms with Gasteiger partial charge in [0.2, 0.25) is 5.91 Å². The van der Waals surface area contributed by atoms with Crippen LogP contribution in [0.2, 0.25) is 5.02 Å². The molecule has 1 unspecified atom stereocenters. The van der Waals surface area contributed by atoms with Gasteiger partial charge in [-0.2, -0.15) is 0 Å². The molecule has 1 aliphatic heterocycles. The number of likely N-dealkylation sites (tertiary alicyclic amines) is 1. The van der Waals surface area contributed by atoms with Gasteiger partial charge in [-0.3, -0.25) is 9.78 Å². The van der Waals surface area contributed by atoms with E-state index in [1.807, 2.05) is 47.4 Å². The summed E-state index contributed by atoms with van der Waals surface area (Å²) in [7, 11) is 0. The molecule has 0 radical (unpaired) electrons. The number of amides is 1. The number of fused-ring (bicyclic) bond motifs is 1. The Morgan fingerprint density at radius 2 is 1.79 bits per heavy atom. The molecule has 1 atom stereocenters. The number of hydrogen-bond donors (Lipinski definition) is 1. The maximum Gasteiger partial charge on any atom is 0.219 e. The van der Waals surface area contributed by atoms with E-state index in [1.54, 1.807) is 6.92 Å². The van der Waals surface area contributed by atoms with Crippen molar-refractivity contribution in [3.05, 3.63) is 75.9 Å². The van der Waals surface area contributed by atoms with Gasteiger partial charge in [0.15, 0.2) is 0 Å². The van der Waals surface area contributed by atoms with E-state index in [1.165, 1.54) is 18.4 Å². The van der Waals surface area contributed by atoms with E-state index in [0.29, 0.717) is 13.1 Å². The zero-order valence-corrected chi connectivity index (χ0v) is 20.8. The van der Waals surface area contributed by atoms with E-state index in [4.69, 9.17) is 16.6 Å². The van der Waals surface area contributed by atoms with Crippen LogP contribution in [-0.4, -0.2) is 34.0 Å². The van der Waals surface area contributed by atoms with Crippen LogP contribution in [0.4, 0.5) is 0 Å². The quantitative estimate of drug-likeness (QED) is 0.482. The average Bonchev–Trinajstić information content (AvgIpc) is 3.69. The van der Waals surface area contributed by atoms with Crippen LogP contribution < -0.4 is 0 Å². The molecule has 0 bridgehead atoms. The summed E-state index contributed by atoms with van der Waals surface area (Å²) in [5.74, 6) is 0.814. The van der Waals surface area contributed by atoms with Crippen LogP contribution in [0.1, 0.15) is 61.9 Å². The lowest BCUT2D eigenvalue weighted by Gasteiger charge is -2.42. The minimum Gasteiger partial charge on any atom is -0.380 e. The lowest BCUT2D eigenvalue weighted by molar-refractivity contribution is -0.131. The average molecular weight is 477 g/mol. The molecule has 2 aliphatic rings. The lowest BCUT2D eigenvalue weighted by Crippen LogP contribution is -2.45. The fourth-order valence-corrected chi connectivity index (χ4v) is 5.94. The first-order chi connectivity index (χ1) is 16.4. The van der Waals surface area contributed by atoms with E-state index in [2.05, 4.69) is 13.0 Å². The molecule has 178 valence electrons. The van der Waals surface area contributed by atoms with Crippen molar-refractivity contribution >= 4 is 28.4 Å². The summed E-state index contributed by atoms with van der Waals surface area (Å²) in [5, 5.41) is 14.1. The van der Waals surface area contributed by atoms with Gasteiger partial charge in [0, 0.05) is 31.1 Å². The summed E-state index contributed by atoms with van der Waals surface area (Å²) in [5.41, 5.74) is 3.70. The molecule has 1 aromatic heterocycles. The van der Waals surface area contributed by atoms with Gasteiger partial charge in [0.25, 0.3) is 0 Å². The van der Waals surface area contributed by atoms with Crippen LogP contribution in [0.25, 0.3) is 10.9 Å². The van der Waals surface area contributed by atoms with E-state index in [0.717, 1.165) is 64.3 Å². The van der Waals surface area contributed by atoms with Crippen molar-refractivity contribution in [3.8, 4) is 0 Å². The van der Waals surface area contributed by atoms with E-state index < -0.39 is 5.60 Å². The predicted molar refractivity (Wildman–Crippen MR) is 137 cm³/mol. The number of hydrogen-bond acceptors (Lipinski definition) is 3. The van der Waals surface area contributed by atoms with Crippen molar-refractivity contribution in [2.75, 3.05) is 13.1 Å². The summed E-state index contributed by atoms with van der Waals surface area (Å²) in [6.07, 6.45) is 5.88. The van der Waals surface area contributed by atoms with Gasteiger partial charge in [-0.05, 0) is 79.2 Å². The third kappa shape index (κ3) is 4.23. The molecule has 2 aromatic carbocycles. The highest BCUT2D eigenvalue weighted by Crippen LogP contribution is 2.44. The highest BCUT2D eigenvalue weighted by atomic mass is 35.5. The summed E-state index contributed by atoms with van der Waals surface area (Å²) < 4.78 is 0. The Balaban J connectivity index is 1.61. The predicted octanol–water partition coefficient (Wildman–Crippen LogP) is 5.90. The van der Waals surface area contributed by atoms with E-state index >= 15 is 0 Å². The molecular formula is C29H33ClN2O2. The topological polar surface area (TPSA) is 53.4 Å². The van der Waals surface area contributed by atoms with Gasteiger partial charge < -0.3 is 10.0 Å². The Bertz CT molecular complexity index is 1200. The largest absolute Gasteiger partial charge is 0.380 e. The summed E-state index contributed by atoms with van der Waals surface area (Å²) in [4.78, 5) is 18.7. The zero-order chi connectivity index (χ0) is 23.9. The molecule has 3 aromatic rings. The normalized spacial score (nSPS) is 18.8. The minimum atomic E-state index is -1.16. The van der Waals surface area contributed by atoms with Crippen LogP contribution in [-0.2, 0) is 23.2 Å². The smallest absolute Gasteiger partial charge is 0.219 e. The molecule has 5 heteroatoms. The molecule has 1 saturated heterocycles. The Morgan fingerprint density at radius 3 is 2.41 bits per heavy atom. The van der Waals surface area contributed by atoms with E-state index in [9.17, 15) is 9.90 Å². The fourth-order valence-electron chi connectivity index (χ4n) is 5.60. The van der Waals surface area contributed by atoms with Crippen LogP contribution in [0.15, 0.2) is 48.5 Å². The molecule has 5 rings (SSSR count).